The molecule has 1 unspecified atom stereocenters. The van der Waals surface area contributed by atoms with Gasteiger partial charge in [-0.1, -0.05) is 0 Å². The molecule has 3 aromatic rings. The van der Waals surface area contributed by atoms with E-state index in [0.717, 1.165) is 42.3 Å². The van der Waals surface area contributed by atoms with Gasteiger partial charge in [-0.3, -0.25) is 4.79 Å². The minimum absolute atomic E-state index is 0.00759. The van der Waals surface area contributed by atoms with E-state index in [2.05, 4.69) is 20.1 Å². The van der Waals surface area contributed by atoms with Crippen LogP contribution in [0, 0.1) is 20.8 Å². The van der Waals surface area contributed by atoms with Crippen LogP contribution in [0.3, 0.4) is 0 Å². The summed E-state index contributed by atoms with van der Waals surface area (Å²) in [6, 6.07) is 3.72. The zero-order chi connectivity index (χ0) is 16.8. The Morgan fingerprint density at radius 1 is 1.29 bits per heavy atom. The molecule has 3 aromatic heterocycles. The van der Waals surface area contributed by atoms with Crippen molar-refractivity contribution in [1.29, 1.82) is 0 Å². The Bertz CT molecular complexity index is 924. The highest BCUT2D eigenvalue weighted by atomic mass is 16.2. The van der Waals surface area contributed by atoms with Crippen molar-refractivity contribution < 1.29 is 4.79 Å². The number of nitrogens with one attached hydrogen (secondary N) is 1. The van der Waals surface area contributed by atoms with Crippen LogP contribution in [0.25, 0.3) is 5.65 Å². The van der Waals surface area contributed by atoms with Gasteiger partial charge < -0.3 is 9.88 Å². The molecule has 0 spiro atoms. The first kappa shape index (κ1) is 14.9. The topological polar surface area (TPSA) is 79.2 Å². The molecule has 1 aliphatic rings. The molecule has 124 valence electrons. The molecule has 4 rings (SSSR count). The van der Waals surface area contributed by atoms with Gasteiger partial charge in [0.1, 0.15) is 5.82 Å². The third-order valence-electron chi connectivity index (χ3n) is 4.50. The first-order chi connectivity index (χ1) is 11.5. The predicted octanol–water partition coefficient (Wildman–Crippen LogP) is 2.35. The maximum atomic E-state index is 13.0. The van der Waals surface area contributed by atoms with Crippen LogP contribution in [-0.4, -0.2) is 41.9 Å². The van der Waals surface area contributed by atoms with E-state index < -0.39 is 0 Å². The van der Waals surface area contributed by atoms with Crippen LogP contribution in [0.4, 0.5) is 0 Å². The van der Waals surface area contributed by atoms with Gasteiger partial charge in [0.25, 0.3) is 5.91 Å². The van der Waals surface area contributed by atoms with Crippen molar-refractivity contribution in [3.8, 4) is 0 Å². The summed E-state index contributed by atoms with van der Waals surface area (Å²) >= 11 is 0. The SMILES string of the molecule is Cc1cc(C)n2nc(C(=O)N3CCCC3c3ncc(C)[nH]3)cc2n1. The second-order valence-electron chi connectivity index (χ2n) is 6.45. The maximum Gasteiger partial charge on any atom is 0.275 e. The van der Waals surface area contributed by atoms with E-state index in [4.69, 9.17) is 0 Å². The lowest BCUT2D eigenvalue weighted by Crippen LogP contribution is -2.31. The van der Waals surface area contributed by atoms with E-state index >= 15 is 0 Å². The highest BCUT2D eigenvalue weighted by Gasteiger charge is 2.33. The van der Waals surface area contributed by atoms with E-state index in [0.29, 0.717) is 11.3 Å². The average Bonchev–Trinajstić information content (AvgIpc) is 3.23. The Morgan fingerprint density at radius 2 is 2.12 bits per heavy atom. The number of imidazole rings is 1. The molecule has 0 radical (unpaired) electrons. The lowest BCUT2D eigenvalue weighted by atomic mass is 10.2. The van der Waals surface area contributed by atoms with Gasteiger partial charge in [0.15, 0.2) is 11.3 Å². The summed E-state index contributed by atoms with van der Waals surface area (Å²) in [7, 11) is 0. The molecule has 1 amide bonds. The summed E-state index contributed by atoms with van der Waals surface area (Å²) in [6.07, 6.45) is 3.69. The summed E-state index contributed by atoms with van der Waals surface area (Å²) in [5, 5.41) is 4.46. The molecule has 1 saturated heterocycles. The first-order valence-electron chi connectivity index (χ1n) is 8.19. The molecular formula is C17H20N6O. The van der Waals surface area contributed by atoms with Crippen molar-refractivity contribution >= 4 is 11.6 Å². The molecule has 0 aromatic carbocycles. The number of rotatable bonds is 2. The van der Waals surface area contributed by atoms with Crippen molar-refractivity contribution in [2.24, 2.45) is 0 Å². The van der Waals surface area contributed by atoms with E-state index in [-0.39, 0.29) is 11.9 Å². The van der Waals surface area contributed by atoms with Gasteiger partial charge in [-0.2, -0.15) is 5.10 Å². The normalized spacial score (nSPS) is 17.8. The minimum Gasteiger partial charge on any atom is -0.344 e. The van der Waals surface area contributed by atoms with Gasteiger partial charge in [-0.05, 0) is 39.7 Å². The molecule has 1 aliphatic heterocycles. The number of amides is 1. The Labute approximate surface area is 139 Å². The number of carbonyl (C=O) groups excluding carboxylic acids is 1. The number of hydrogen-bond acceptors (Lipinski definition) is 4. The molecule has 0 saturated carbocycles. The van der Waals surface area contributed by atoms with Gasteiger partial charge in [-0.15, -0.1) is 0 Å². The van der Waals surface area contributed by atoms with Crippen LogP contribution in [0.5, 0.6) is 0 Å². The van der Waals surface area contributed by atoms with Gasteiger partial charge in [0.2, 0.25) is 0 Å². The highest BCUT2D eigenvalue weighted by molar-refractivity contribution is 5.93. The fourth-order valence-electron chi connectivity index (χ4n) is 3.43. The zero-order valence-corrected chi connectivity index (χ0v) is 14.1. The smallest absolute Gasteiger partial charge is 0.275 e. The summed E-state index contributed by atoms with van der Waals surface area (Å²) in [6.45, 7) is 6.60. The zero-order valence-electron chi connectivity index (χ0n) is 14.1. The van der Waals surface area contributed by atoms with Crippen molar-refractivity contribution in [2.45, 2.75) is 39.7 Å². The number of fused-ring (bicyclic) bond motifs is 1. The van der Waals surface area contributed by atoms with Crippen LogP contribution in [0.2, 0.25) is 0 Å². The van der Waals surface area contributed by atoms with Crippen molar-refractivity contribution in [2.75, 3.05) is 6.54 Å². The monoisotopic (exact) mass is 324 g/mol. The second kappa shape index (κ2) is 5.43. The van der Waals surface area contributed by atoms with Crippen LogP contribution in [-0.2, 0) is 0 Å². The number of likely N-dealkylation sites (tertiary alicyclic amines) is 1. The van der Waals surface area contributed by atoms with E-state index in [9.17, 15) is 4.79 Å². The number of nitrogens with zero attached hydrogens (tertiary/aromatic N) is 5. The number of aryl methyl sites for hydroxylation is 3. The summed E-state index contributed by atoms with van der Waals surface area (Å²) in [5.41, 5.74) is 4.04. The van der Waals surface area contributed by atoms with Crippen molar-refractivity contribution in [3.05, 3.63) is 46.9 Å². The van der Waals surface area contributed by atoms with Gasteiger partial charge in [0.05, 0.1) is 6.04 Å². The third-order valence-corrected chi connectivity index (χ3v) is 4.50. The number of aromatic nitrogens is 5. The summed E-state index contributed by atoms with van der Waals surface area (Å²) < 4.78 is 1.72. The molecule has 1 fully saturated rings. The van der Waals surface area contributed by atoms with Crippen LogP contribution in [0.1, 0.15) is 52.3 Å². The Morgan fingerprint density at radius 3 is 2.88 bits per heavy atom. The standard InChI is InChI=1S/C17H20N6O/c1-10-7-12(3)23-15(19-10)8-13(21-23)17(24)22-6-4-5-14(22)16-18-9-11(2)20-16/h7-9,14H,4-6H2,1-3H3,(H,18,20). The number of carbonyl (C=O) groups is 1. The van der Waals surface area contributed by atoms with Crippen LogP contribution in [0.15, 0.2) is 18.3 Å². The molecule has 0 aliphatic carbocycles. The highest BCUT2D eigenvalue weighted by Crippen LogP contribution is 2.31. The van der Waals surface area contributed by atoms with Gasteiger partial charge in [-0.25, -0.2) is 14.5 Å². The fraction of sp³-hybridized carbons (Fsp3) is 0.412. The molecule has 7 heteroatoms. The molecular weight excluding hydrogens is 304 g/mol. The average molecular weight is 324 g/mol. The predicted molar refractivity (Wildman–Crippen MR) is 88.8 cm³/mol. The summed E-state index contributed by atoms with van der Waals surface area (Å²) in [4.78, 5) is 27.0. The van der Waals surface area contributed by atoms with Gasteiger partial charge >= 0.3 is 0 Å². The number of aromatic amines is 1. The maximum absolute atomic E-state index is 13.0. The van der Waals surface area contributed by atoms with Crippen LogP contribution < -0.4 is 0 Å². The van der Waals surface area contributed by atoms with Crippen LogP contribution >= 0.6 is 0 Å². The molecule has 0 bridgehead atoms. The molecule has 7 nitrogen and oxygen atoms in total. The molecule has 24 heavy (non-hydrogen) atoms. The Balaban J connectivity index is 1.69. The van der Waals surface area contributed by atoms with E-state index in [1.807, 2.05) is 31.7 Å². The molecule has 1 N–H and O–H groups in total. The molecule has 1 atom stereocenters. The Hall–Kier alpha value is -2.70. The lowest BCUT2D eigenvalue weighted by Gasteiger charge is -2.22. The summed E-state index contributed by atoms with van der Waals surface area (Å²) in [5.74, 6) is 0.793. The number of H-pyrrole nitrogens is 1. The second-order valence-corrected chi connectivity index (χ2v) is 6.45. The van der Waals surface area contributed by atoms with Crippen molar-refractivity contribution in [3.63, 3.8) is 0 Å². The lowest BCUT2D eigenvalue weighted by molar-refractivity contribution is 0.0724. The van der Waals surface area contributed by atoms with Crippen molar-refractivity contribution in [1.82, 2.24) is 29.5 Å². The Kier molecular flexibility index (Phi) is 3.37. The van der Waals surface area contributed by atoms with Gasteiger partial charge in [0, 0.05) is 35.9 Å². The van der Waals surface area contributed by atoms with E-state index in [1.165, 1.54) is 0 Å². The minimum atomic E-state index is -0.0610. The number of hydrogen-bond donors (Lipinski definition) is 1. The quantitative estimate of drug-likeness (QED) is 0.785. The van der Waals surface area contributed by atoms with E-state index in [1.54, 1.807) is 16.8 Å². The molecule has 4 heterocycles. The fourth-order valence-corrected chi connectivity index (χ4v) is 3.43. The first-order valence-corrected chi connectivity index (χ1v) is 8.19. The largest absolute Gasteiger partial charge is 0.344 e. The third kappa shape index (κ3) is 2.36.